The van der Waals surface area contributed by atoms with Crippen LogP contribution in [0.3, 0.4) is 0 Å². The summed E-state index contributed by atoms with van der Waals surface area (Å²) >= 11 is 3.47. The quantitative estimate of drug-likeness (QED) is 0.528. The highest BCUT2D eigenvalue weighted by Crippen LogP contribution is 2.35. The lowest BCUT2D eigenvalue weighted by Crippen LogP contribution is -2.22. The number of halogens is 1. The minimum atomic E-state index is -0.359. The number of likely N-dealkylation sites (N-methyl/N-ethyl adjacent to an activating group) is 1. The Morgan fingerprint density at radius 2 is 1.92 bits per heavy atom. The third-order valence-corrected chi connectivity index (χ3v) is 4.26. The van der Waals surface area contributed by atoms with E-state index in [0.29, 0.717) is 28.1 Å². The molecule has 0 atom stereocenters. The van der Waals surface area contributed by atoms with Crippen LogP contribution in [-0.4, -0.2) is 32.0 Å². The van der Waals surface area contributed by atoms with Gasteiger partial charge in [-0.25, -0.2) is 0 Å². The SMILES string of the molecule is COc1cc(/C=C(/C#N)C(=O)N(C)C)c(Br)cc1OCc1ccccc1. The standard InChI is InChI=1S/C20H19BrN2O3/c1-23(2)20(24)16(12-22)9-15-10-18(25-3)19(11-17(15)21)26-13-14-7-5-4-6-8-14/h4-11H,13H2,1-3H3/b16-9-. The second kappa shape index (κ2) is 9.07. The number of hydrogen-bond acceptors (Lipinski definition) is 4. The maximum atomic E-state index is 12.0. The summed E-state index contributed by atoms with van der Waals surface area (Å²) in [5.74, 6) is 0.727. The number of carbonyl (C=O) groups is 1. The molecule has 1 amide bonds. The number of amides is 1. The van der Waals surface area contributed by atoms with Gasteiger partial charge in [-0.05, 0) is 29.3 Å². The second-order valence-corrected chi connectivity index (χ2v) is 6.52. The zero-order valence-corrected chi connectivity index (χ0v) is 16.4. The van der Waals surface area contributed by atoms with Crippen molar-refractivity contribution in [3.05, 3.63) is 63.6 Å². The number of rotatable bonds is 6. The Balaban J connectivity index is 2.31. The summed E-state index contributed by atoms with van der Waals surface area (Å²) in [6, 6.07) is 15.2. The van der Waals surface area contributed by atoms with Crippen molar-refractivity contribution in [1.29, 1.82) is 5.26 Å². The van der Waals surface area contributed by atoms with Gasteiger partial charge in [0.25, 0.3) is 5.91 Å². The van der Waals surface area contributed by atoms with Gasteiger partial charge in [-0.3, -0.25) is 4.79 Å². The number of nitrogens with zero attached hydrogens (tertiary/aromatic N) is 2. The van der Waals surface area contributed by atoms with E-state index in [9.17, 15) is 10.1 Å². The smallest absolute Gasteiger partial charge is 0.264 e. The van der Waals surface area contributed by atoms with E-state index in [1.54, 1.807) is 33.3 Å². The maximum absolute atomic E-state index is 12.0. The molecule has 0 aromatic heterocycles. The van der Waals surface area contributed by atoms with Crippen LogP contribution in [0.15, 0.2) is 52.5 Å². The predicted octanol–water partition coefficient (Wildman–Crippen LogP) is 4.03. The Bertz CT molecular complexity index is 855. The maximum Gasteiger partial charge on any atom is 0.264 e. The second-order valence-electron chi connectivity index (χ2n) is 5.67. The van der Waals surface area contributed by atoms with Gasteiger partial charge in [0.2, 0.25) is 0 Å². The first kappa shape index (κ1) is 19.5. The van der Waals surface area contributed by atoms with Crippen LogP contribution >= 0.6 is 15.9 Å². The Kier molecular flexibility index (Phi) is 6.81. The minimum absolute atomic E-state index is 0.0377. The topological polar surface area (TPSA) is 62.6 Å². The first-order valence-corrected chi connectivity index (χ1v) is 8.63. The Morgan fingerprint density at radius 1 is 1.23 bits per heavy atom. The number of ether oxygens (including phenoxy) is 2. The molecule has 2 rings (SSSR count). The zero-order chi connectivity index (χ0) is 19.1. The minimum Gasteiger partial charge on any atom is -0.493 e. The Hall–Kier alpha value is -2.78. The normalized spacial score (nSPS) is 10.8. The van der Waals surface area contributed by atoms with Crippen LogP contribution in [0.25, 0.3) is 6.08 Å². The van der Waals surface area contributed by atoms with Gasteiger partial charge < -0.3 is 14.4 Å². The molecule has 2 aromatic carbocycles. The monoisotopic (exact) mass is 414 g/mol. The molecule has 134 valence electrons. The van der Waals surface area contributed by atoms with Crippen LogP contribution in [0, 0.1) is 11.3 Å². The van der Waals surface area contributed by atoms with Gasteiger partial charge in [0.15, 0.2) is 11.5 Å². The van der Waals surface area contributed by atoms with Crippen molar-refractivity contribution in [2.24, 2.45) is 0 Å². The van der Waals surface area contributed by atoms with E-state index in [0.717, 1.165) is 5.56 Å². The molecular weight excluding hydrogens is 396 g/mol. The molecular formula is C20H19BrN2O3. The molecule has 2 aromatic rings. The summed E-state index contributed by atoms with van der Waals surface area (Å²) in [4.78, 5) is 13.4. The molecule has 0 aliphatic rings. The highest BCUT2D eigenvalue weighted by Gasteiger charge is 2.14. The van der Waals surface area contributed by atoms with Crippen molar-refractivity contribution >= 4 is 27.9 Å². The van der Waals surface area contributed by atoms with E-state index in [1.807, 2.05) is 36.4 Å². The molecule has 0 N–H and O–H groups in total. The number of benzene rings is 2. The van der Waals surface area contributed by atoms with Gasteiger partial charge in [-0.15, -0.1) is 0 Å². The fourth-order valence-electron chi connectivity index (χ4n) is 2.21. The lowest BCUT2D eigenvalue weighted by Gasteiger charge is -2.13. The largest absolute Gasteiger partial charge is 0.493 e. The molecule has 26 heavy (non-hydrogen) atoms. The fraction of sp³-hybridized carbons (Fsp3) is 0.200. The summed E-state index contributed by atoms with van der Waals surface area (Å²) in [6.45, 7) is 0.404. The van der Waals surface area contributed by atoms with Gasteiger partial charge in [-0.2, -0.15) is 5.26 Å². The van der Waals surface area contributed by atoms with E-state index in [2.05, 4.69) is 15.9 Å². The van der Waals surface area contributed by atoms with E-state index >= 15 is 0 Å². The van der Waals surface area contributed by atoms with Crippen LogP contribution < -0.4 is 9.47 Å². The van der Waals surface area contributed by atoms with Crippen LogP contribution in [0.5, 0.6) is 11.5 Å². The Labute approximate surface area is 161 Å². The average Bonchev–Trinajstić information content (AvgIpc) is 2.65. The first-order valence-electron chi connectivity index (χ1n) is 7.84. The molecule has 0 radical (unpaired) electrons. The van der Waals surface area contributed by atoms with Gasteiger partial charge >= 0.3 is 0 Å². The fourth-order valence-corrected chi connectivity index (χ4v) is 2.64. The van der Waals surface area contributed by atoms with Gasteiger partial charge in [0.05, 0.1) is 7.11 Å². The number of nitriles is 1. The molecule has 0 spiro atoms. The van der Waals surface area contributed by atoms with Crippen molar-refractivity contribution in [2.45, 2.75) is 6.61 Å². The molecule has 0 fully saturated rings. The molecule has 0 unspecified atom stereocenters. The highest BCUT2D eigenvalue weighted by molar-refractivity contribution is 9.10. The first-order chi connectivity index (χ1) is 12.5. The number of carbonyl (C=O) groups excluding carboxylic acids is 1. The Morgan fingerprint density at radius 3 is 2.50 bits per heavy atom. The zero-order valence-electron chi connectivity index (χ0n) is 14.8. The summed E-state index contributed by atoms with van der Waals surface area (Å²) in [6.07, 6.45) is 1.52. The van der Waals surface area contributed by atoms with Crippen LogP contribution in [-0.2, 0) is 11.4 Å². The van der Waals surface area contributed by atoms with E-state index in [1.165, 1.54) is 11.0 Å². The molecule has 0 aliphatic heterocycles. The molecule has 5 nitrogen and oxygen atoms in total. The molecule has 6 heteroatoms. The lowest BCUT2D eigenvalue weighted by molar-refractivity contribution is -0.124. The van der Waals surface area contributed by atoms with Crippen molar-refractivity contribution in [3.8, 4) is 17.6 Å². The lowest BCUT2D eigenvalue weighted by atomic mass is 10.1. The molecule has 0 saturated heterocycles. The molecule has 0 saturated carbocycles. The number of hydrogen-bond donors (Lipinski definition) is 0. The molecule has 0 aliphatic carbocycles. The van der Waals surface area contributed by atoms with E-state index < -0.39 is 0 Å². The predicted molar refractivity (Wildman–Crippen MR) is 104 cm³/mol. The summed E-state index contributed by atoms with van der Waals surface area (Å²) in [7, 11) is 4.75. The highest BCUT2D eigenvalue weighted by atomic mass is 79.9. The van der Waals surface area contributed by atoms with Gasteiger partial charge in [0.1, 0.15) is 18.2 Å². The van der Waals surface area contributed by atoms with E-state index in [-0.39, 0.29) is 11.5 Å². The number of methoxy groups -OCH3 is 1. The van der Waals surface area contributed by atoms with Gasteiger partial charge in [0, 0.05) is 18.6 Å². The summed E-state index contributed by atoms with van der Waals surface area (Å²) < 4.78 is 11.9. The van der Waals surface area contributed by atoms with E-state index in [4.69, 9.17) is 9.47 Å². The summed E-state index contributed by atoms with van der Waals surface area (Å²) in [5.41, 5.74) is 1.73. The van der Waals surface area contributed by atoms with Gasteiger partial charge in [-0.1, -0.05) is 46.3 Å². The molecule has 0 bridgehead atoms. The van der Waals surface area contributed by atoms with Crippen LogP contribution in [0.1, 0.15) is 11.1 Å². The van der Waals surface area contributed by atoms with Crippen molar-refractivity contribution < 1.29 is 14.3 Å². The average molecular weight is 415 g/mol. The van der Waals surface area contributed by atoms with Crippen molar-refractivity contribution in [1.82, 2.24) is 4.90 Å². The molecule has 0 heterocycles. The third kappa shape index (κ3) is 4.87. The van der Waals surface area contributed by atoms with Crippen molar-refractivity contribution in [2.75, 3.05) is 21.2 Å². The van der Waals surface area contributed by atoms with Crippen LogP contribution in [0.4, 0.5) is 0 Å². The van der Waals surface area contributed by atoms with Crippen molar-refractivity contribution in [3.63, 3.8) is 0 Å². The third-order valence-electron chi connectivity index (χ3n) is 3.58. The van der Waals surface area contributed by atoms with Crippen LogP contribution in [0.2, 0.25) is 0 Å². The summed E-state index contributed by atoms with van der Waals surface area (Å²) in [5, 5.41) is 9.25.